The number of aliphatic hydroxyl groups is 1. The molecule has 2 aliphatic heterocycles. The lowest BCUT2D eigenvalue weighted by molar-refractivity contribution is -0.134. The third-order valence-electron chi connectivity index (χ3n) is 5.47. The monoisotopic (exact) mass is 361 g/mol. The first-order valence-electron chi connectivity index (χ1n) is 9.49. The van der Waals surface area contributed by atoms with Gasteiger partial charge in [0.2, 0.25) is 5.91 Å². The zero-order chi connectivity index (χ0) is 18.7. The number of rotatable bonds is 4. The molecule has 1 atom stereocenters. The first-order valence-corrected chi connectivity index (χ1v) is 9.49. The van der Waals surface area contributed by atoms with Crippen LogP contribution in [0.4, 0.5) is 5.69 Å². The smallest absolute Gasteiger partial charge is 0.236 e. The molecule has 0 aromatic heterocycles. The number of piperazine rings is 1. The van der Waals surface area contributed by atoms with Gasteiger partial charge in [0.1, 0.15) is 5.75 Å². The summed E-state index contributed by atoms with van der Waals surface area (Å²) in [6.45, 7) is 8.41. The number of β-amino-alcohol motifs (C(OH)–C–C–N with tert-alkyl or cyclic N) is 1. The van der Waals surface area contributed by atoms with E-state index < -0.39 is 0 Å². The summed E-state index contributed by atoms with van der Waals surface area (Å²) in [6.07, 6.45) is 1.51. The van der Waals surface area contributed by atoms with E-state index in [1.165, 1.54) is 0 Å². The number of piperidine rings is 1. The topological polar surface area (TPSA) is 56.2 Å². The molecule has 1 N–H and O–H groups in total. The van der Waals surface area contributed by atoms with Gasteiger partial charge in [-0.05, 0) is 45.4 Å². The van der Waals surface area contributed by atoms with Crippen LogP contribution in [0.1, 0.15) is 26.7 Å². The molecular formula is C20H31N3O3. The maximum atomic E-state index is 12.8. The highest BCUT2D eigenvalue weighted by Gasteiger charge is 2.37. The molecule has 2 fully saturated rings. The van der Waals surface area contributed by atoms with Gasteiger partial charge in [-0.1, -0.05) is 12.1 Å². The van der Waals surface area contributed by atoms with Crippen LogP contribution in [0.3, 0.4) is 0 Å². The van der Waals surface area contributed by atoms with Crippen molar-refractivity contribution in [1.29, 1.82) is 0 Å². The van der Waals surface area contributed by atoms with E-state index >= 15 is 0 Å². The summed E-state index contributed by atoms with van der Waals surface area (Å²) in [7, 11) is 1.69. The number of likely N-dealkylation sites (tertiary alicyclic amines) is 1. The van der Waals surface area contributed by atoms with Crippen molar-refractivity contribution >= 4 is 11.6 Å². The minimum atomic E-state index is -0.296. The number of para-hydroxylation sites is 2. The third-order valence-corrected chi connectivity index (χ3v) is 5.47. The molecule has 2 saturated heterocycles. The van der Waals surface area contributed by atoms with Gasteiger partial charge in [0, 0.05) is 26.2 Å². The zero-order valence-electron chi connectivity index (χ0n) is 16.1. The van der Waals surface area contributed by atoms with E-state index in [2.05, 4.69) is 29.7 Å². The highest BCUT2D eigenvalue weighted by Crippen LogP contribution is 2.34. The Morgan fingerprint density at radius 3 is 2.73 bits per heavy atom. The number of aliphatic hydroxyl groups excluding tert-OH is 1. The molecule has 1 aromatic carbocycles. The molecule has 2 aliphatic rings. The van der Waals surface area contributed by atoms with Gasteiger partial charge in [0.05, 0.1) is 31.0 Å². The van der Waals surface area contributed by atoms with E-state index in [-0.39, 0.29) is 17.6 Å². The Balaban J connectivity index is 1.65. The Kier molecular flexibility index (Phi) is 5.73. The van der Waals surface area contributed by atoms with Gasteiger partial charge in [0.15, 0.2) is 0 Å². The zero-order valence-corrected chi connectivity index (χ0v) is 16.1. The Labute approximate surface area is 156 Å². The summed E-state index contributed by atoms with van der Waals surface area (Å²) in [5, 5.41) is 9.81. The molecular weight excluding hydrogens is 330 g/mol. The number of methoxy groups -OCH3 is 1. The van der Waals surface area contributed by atoms with Crippen LogP contribution >= 0.6 is 0 Å². The minimum absolute atomic E-state index is 0.159. The average Bonchev–Trinajstić information content (AvgIpc) is 2.61. The molecule has 0 radical (unpaired) electrons. The van der Waals surface area contributed by atoms with E-state index in [1.807, 2.05) is 23.1 Å². The molecule has 144 valence electrons. The molecule has 6 nitrogen and oxygen atoms in total. The Bertz CT molecular complexity index is 634. The van der Waals surface area contributed by atoms with Crippen LogP contribution in [0.15, 0.2) is 24.3 Å². The molecule has 0 saturated carbocycles. The first-order chi connectivity index (χ1) is 12.4. The highest BCUT2D eigenvalue weighted by molar-refractivity contribution is 5.79. The number of nitrogens with zero attached hydrogens (tertiary/aromatic N) is 3. The second-order valence-corrected chi connectivity index (χ2v) is 7.98. The van der Waals surface area contributed by atoms with Gasteiger partial charge in [-0.25, -0.2) is 0 Å². The maximum Gasteiger partial charge on any atom is 0.236 e. The van der Waals surface area contributed by atoms with E-state index in [0.717, 1.165) is 37.4 Å². The molecule has 1 aromatic rings. The molecule has 0 bridgehead atoms. The second kappa shape index (κ2) is 7.84. The normalized spacial score (nSPS) is 23.8. The fraction of sp³-hybridized carbons (Fsp3) is 0.650. The second-order valence-electron chi connectivity index (χ2n) is 7.98. The molecule has 0 aliphatic carbocycles. The number of carbonyl (C=O) groups is 1. The van der Waals surface area contributed by atoms with Crippen LogP contribution < -0.4 is 9.64 Å². The molecule has 3 rings (SSSR count). The quantitative estimate of drug-likeness (QED) is 0.882. The van der Waals surface area contributed by atoms with Crippen LogP contribution in [0.25, 0.3) is 0 Å². The fourth-order valence-electron chi connectivity index (χ4n) is 4.13. The van der Waals surface area contributed by atoms with Crippen molar-refractivity contribution in [2.24, 2.45) is 0 Å². The molecule has 2 heterocycles. The lowest BCUT2D eigenvalue weighted by Gasteiger charge is -2.49. The number of amides is 1. The summed E-state index contributed by atoms with van der Waals surface area (Å²) in [6, 6.07) is 8.05. The maximum absolute atomic E-state index is 12.8. The van der Waals surface area contributed by atoms with Crippen molar-refractivity contribution in [2.75, 3.05) is 51.3 Å². The number of carbonyl (C=O) groups excluding carboxylic acids is 1. The van der Waals surface area contributed by atoms with Crippen LogP contribution in [0.5, 0.6) is 5.75 Å². The van der Waals surface area contributed by atoms with Crippen LogP contribution in [0.2, 0.25) is 0 Å². The van der Waals surface area contributed by atoms with Crippen molar-refractivity contribution < 1.29 is 14.6 Å². The Morgan fingerprint density at radius 1 is 1.27 bits per heavy atom. The van der Waals surface area contributed by atoms with Crippen LogP contribution in [-0.2, 0) is 4.79 Å². The first kappa shape index (κ1) is 19.0. The van der Waals surface area contributed by atoms with Gasteiger partial charge in [-0.15, -0.1) is 0 Å². The number of benzene rings is 1. The average molecular weight is 361 g/mol. The standard InChI is InChI=1S/C20H31N3O3/c1-20(2)15-22(19(25)14-21-10-6-7-16(24)13-21)11-12-23(20)17-8-4-5-9-18(17)26-3/h4-5,8-9,16,24H,6-7,10-15H2,1-3H3/t16-/m0/s1. The Morgan fingerprint density at radius 2 is 2.04 bits per heavy atom. The molecule has 0 spiro atoms. The van der Waals surface area contributed by atoms with Gasteiger partial charge in [-0.3, -0.25) is 9.69 Å². The SMILES string of the molecule is COc1ccccc1N1CCN(C(=O)CN2CCC[C@H](O)C2)CC1(C)C. The number of hydrogen-bond donors (Lipinski definition) is 1. The van der Waals surface area contributed by atoms with Gasteiger partial charge in [0.25, 0.3) is 0 Å². The van der Waals surface area contributed by atoms with Gasteiger partial charge >= 0.3 is 0 Å². The van der Waals surface area contributed by atoms with Gasteiger partial charge in [-0.2, -0.15) is 0 Å². The Hall–Kier alpha value is -1.79. The van der Waals surface area contributed by atoms with E-state index in [1.54, 1.807) is 7.11 Å². The van der Waals surface area contributed by atoms with Crippen molar-refractivity contribution in [3.05, 3.63) is 24.3 Å². The van der Waals surface area contributed by atoms with Crippen molar-refractivity contribution in [2.45, 2.75) is 38.3 Å². The summed E-state index contributed by atoms with van der Waals surface area (Å²) in [5.41, 5.74) is 0.899. The lowest BCUT2D eigenvalue weighted by Crippen LogP contribution is -2.62. The predicted octanol–water partition coefficient (Wildman–Crippen LogP) is 1.58. The molecule has 0 unspecified atom stereocenters. The number of ether oxygens (including phenoxy) is 1. The largest absolute Gasteiger partial charge is 0.495 e. The van der Waals surface area contributed by atoms with E-state index in [0.29, 0.717) is 26.2 Å². The van der Waals surface area contributed by atoms with Gasteiger partial charge < -0.3 is 19.6 Å². The predicted molar refractivity (Wildman–Crippen MR) is 103 cm³/mol. The fourth-order valence-corrected chi connectivity index (χ4v) is 4.13. The van der Waals surface area contributed by atoms with Crippen molar-refractivity contribution in [3.63, 3.8) is 0 Å². The highest BCUT2D eigenvalue weighted by atomic mass is 16.5. The van der Waals surface area contributed by atoms with Crippen LogP contribution in [-0.4, -0.2) is 78.8 Å². The van der Waals surface area contributed by atoms with E-state index in [9.17, 15) is 9.90 Å². The lowest BCUT2D eigenvalue weighted by atomic mass is 9.97. The third kappa shape index (κ3) is 4.13. The molecule has 1 amide bonds. The van der Waals surface area contributed by atoms with Crippen molar-refractivity contribution in [1.82, 2.24) is 9.80 Å². The molecule has 6 heteroatoms. The summed E-state index contributed by atoms with van der Waals surface area (Å²) in [4.78, 5) is 19.2. The molecule has 26 heavy (non-hydrogen) atoms. The minimum Gasteiger partial charge on any atom is -0.495 e. The summed E-state index contributed by atoms with van der Waals surface area (Å²) < 4.78 is 5.52. The number of hydrogen-bond acceptors (Lipinski definition) is 5. The van der Waals surface area contributed by atoms with Crippen molar-refractivity contribution in [3.8, 4) is 5.75 Å². The number of anilines is 1. The summed E-state index contributed by atoms with van der Waals surface area (Å²) >= 11 is 0. The summed E-state index contributed by atoms with van der Waals surface area (Å²) in [5.74, 6) is 1.02. The van der Waals surface area contributed by atoms with E-state index in [4.69, 9.17) is 4.74 Å². The van der Waals surface area contributed by atoms with Crippen LogP contribution in [0, 0.1) is 0 Å².